The average Bonchev–Trinajstić information content (AvgIpc) is 3.16. The molecule has 2 aliphatic heterocycles. The maximum absolute atomic E-state index is 12.5. The zero-order valence-electron chi connectivity index (χ0n) is 16.9. The van der Waals surface area contributed by atoms with Crippen LogP contribution in [0, 0.1) is 6.92 Å². The highest BCUT2D eigenvalue weighted by molar-refractivity contribution is 5.85. The third-order valence-electron chi connectivity index (χ3n) is 5.59. The summed E-state index contributed by atoms with van der Waals surface area (Å²) in [7, 11) is 1.64. The molecule has 1 aromatic carbocycles. The third-order valence-corrected chi connectivity index (χ3v) is 5.59. The monoisotopic (exact) mass is 421 g/mol. The van der Waals surface area contributed by atoms with Gasteiger partial charge in [0.1, 0.15) is 23.1 Å². The Morgan fingerprint density at radius 3 is 2.76 bits per heavy atom. The van der Waals surface area contributed by atoms with Crippen LogP contribution in [0.25, 0.3) is 0 Å². The molecule has 2 aliphatic rings. The number of nitrogens with zero attached hydrogens (tertiary/aromatic N) is 4. The lowest BCUT2D eigenvalue weighted by Gasteiger charge is -2.32. The maximum Gasteiger partial charge on any atom is 0.260 e. The summed E-state index contributed by atoms with van der Waals surface area (Å²) in [4.78, 5) is 14.4. The van der Waals surface area contributed by atoms with E-state index in [4.69, 9.17) is 9.47 Å². The predicted molar refractivity (Wildman–Crippen MR) is 111 cm³/mol. The quantitative estimate of drug-likeness (QED) is 0.794. The molecule has 1 amide bonds. The van der Waals surface area contributed by atoms with Crippen molar-refractivity contribution in [3.63, 3.8) is 0 Å². The number of aryl methyl sites for hydroxylation is 1. The summed E-state index contributed by atoms with van der Waals surface area (Å²) in [5.74, 6) is 3.99. The molecule has 1 fully saturated rings. The van der Waals surface area contributed by atoms with Crippen molar-refractivity contribution in [2.45, 2.75) is 38.8 Å². The van der Waals surface area contributed by atoms with Crippen LogP contribution in [0.4, 0.5) is 0 Å². The minimum Gasteiger partial charge on any atom is -0.496 e. The summed E-state index contributed by atoms with van der Waals surface area (Å²) in [6, 6.07) is 5.58. The fourth-order valence-electron chi connectivity index (χ4n) is 3.98. The van der Waals surface area contributed by atoms with E-state index in [0.29, 0.717) is 11.7 Å². The highest BCUT2D eigenvalue weighted by Crippen LogP contribution is 2.28. The van der Waals surface area contributed by atoms with Gasteiger partial charge in [-0.2, -0.15) is 0 Å². The minimum absolute atomic E-state index is 0. The molecule has 9 heteroatoms. The Balaban J connectivity index is 0.00000240. The van der Waals surface area contributed by atoms with Gasteiger partial charge in [-0.1, -0.05) is 0 Å². The number of hydrogen-bond acceptors (Lipinski definition) is 6. The lowest BCUT2D eigenvalue weighted by molar-refractivity contribution is -0.134. The first-order valence-electron chi connectivity index (χ1n) is 9.83. The zero-order valence-corrected chi connectivity index (χ0v) is 17.7. The van der Waals surface area contributed by atoms with Gasteiger partial charge >= 0.3 is 0 Å². The molecule has 0 spiro atoms. The smallest absolute Gasteiger partial charge is 0.260 e. The average molecular weight is 422 g/mol. The van der Waals surface area contributed by atoms with E-state index in [1.807, 2.05) is 30.0 Å². The Hall–Kier alpha value is -2.32. The Labute approximate surface area is 177 Å². The maximum atomic E-state index is 12.5. The third kappa shape index (κ3) is 4.64. The normalized spacial score (nSPS) is 16.7. The molecule has 1 saturated heterocycles. The van der Waals surface area contributed by atoms with Crippen molar-refractivity contribution < 1.29 is 14.3 Å². The SMILES string of the molecule is COc1ccc(OCC(=O)N2CCC(c3nnc4n3CCNC4)CC2)cc1C.Cl. The minimum atomic E-state index is 0. The number of benzene rings is 1. The van der Waals surface area contributed by atoms with Crippen LogP contribution in [0.5, 0.6) is 11.5 Å². The zero-order chi connectivity index (χ0) is 19.5. The molecule has 0 aliphatic carbocycles. The standard InChI is InChI=1S/C20H27N5O3.ClH/c1-14-11-16(3-4-17(14)27-2)28-13-19(26)24-8-5-15(6-9-24)20-23-22-18-12-21-7-10-25(18)20;/h3-4,11,15,21H,5-10,12-13H2,1-2H3;1H. The molecule has 0 bridgehead atoms. The van der Waals surface area contributed by atoms with Crippen molar-refractivity contribution >= 4 is 18.3 Å². The van der Waals surface area contributed by atoms with Crippen LogP contribution in [0.15, 0.2) is 18.2 Å². The second-order valence-electron chi connectivity index (χ2n) is 7.38. The van der Waals surface area contributed by atoms with E-state index < -0.39 is 0 Å². The van der Waals surface area contributed by atoms with E-state index in [0.717, 1.165) is 68.5 Å². The summed E-state index contributed by atoms with van der Waals surface area (Å²) in [6.45, 7) is 6.14. The number of hydrogen-bond donors (Lipinski definition) is 1. The number of aromatic nitrogens is 3. The number of ether oxygens (including phenoxy) is 2. The first kappa shape index (κ1) is 21.4. The highest BCUT2D eigenvalue weighted by Gasteiger charge is 2.28. The molecule has 1 aromatic heterocycles. The Morgan fingerprint density at radius 2 is 2.03 bits per heavy atom. The Kier molecular flexibility index (Phi) is 6.97. The summed E-state index contributed by atoms with van der Waals surface area (Å²) in [5, 5.41) is 12.1. The van der Waals surface area contributed by atoms with Gasteiger partial charge in [0, 0.05) is 32.1 Å². The second-order valence-corrected chi connectivity index (χ2v) is 7.38. The van der Waals surface area contributed by atoms with Gasteiger partial charge in [0.2, 0.25) is 0 Å². The molecule has 2 aromatic rings. The topological polar surface area (TPSA) is 81.5 Å². The lowest BCUT2D eigenvalue weighted by Crippen LogP contribution is -2.41. The van der Waals surface area contributed by atoms with Gasteiger partial charge < -0.3 is 24.3 Å². The van der Waals surface area contributed by atoms with E-state index >= 15 is 0 Å². The van der Waals surface area contributed by atoms with Crippen LogP contribution in [-0.2, 0) is 17.9 Å². The summed E-state index contributed by atoms with van der Waals surface area (Å²) >= 11 is 0. The predicted octanol–water partition coefficient (Wildman–Crippen LogP) is 1.91. The van der Waals surface area contributed by atoms with Gasteiger partial charge in [-0.05, 0) is 43.5 Å². The number of carbonyl (C=O) groups is 1. The first-order chi connectivity index (χ1) is 13.7. The van der Waals surface area contributed by atoms with Gasteiger partial charge in [-0.25, -0.2) is 0 Å². The van der Waals surface area contributed by atoms with Crippen molar-refractivity contribution in [2.75, 3.05) is 33.4 Å². The van der Waals surface area contributed by atoms with Gasteiger partial charge in [0.15, 0.2) is 6.61 Å². The van der Waals surface area contributed by atoms with E-state index in [9.17, 15) is 4.79 Å². The summed E-state index contributed by atoms with van der Waals surface area (Å²) in [6.07, 6.45) is 1.83. The van der Waals surface area contributed by atoms with E-state index in [-0.39, 0.29) is 24.9 Å². The van der Waals surface area contributed by atoms with Gasteiger partial charge in [0.25, 0.3) is 5.91 Å². The van der Waals surface area contributed by atoms with Crippen LogP contribution in [-0.4, -0.2) is 58.9 Å². The van der Waals surface area contributed by atoms with Crippen LogP contribution in [0.3, 0.4) is 0 Å². The molecule has 0 unspecified atom stereocenters. The molecule has 8 nitrogen and oxygen atoms in total. The summed E-state index contributed by atoms with van der Waals surface area (Å²) < 4.78 is 13.2. The van der Waals surface area contributed by atoms with Crippen LogP contribution in [0.1, 0.15) is 36.0 Å². The molecule has 4 rings (SSSR count). The number of nitrogens with one attached hydrogen (secondary N) is 1. The molecule has 1 N–H and O–H groups in total. The Morgan fingerprint density at radius 1 is 1.24 bits per heavy atom. The molecule has 3 heterocycles. The number of fused-ring (bicyclic) bond motifs is 1. The van der Waals surface area contributed by atoms with E-state index in [1.165, 1.54) is 0 Å². The van der Waals surface area contributed by atoms with Crippen molar-refractivity contribution in [2.24, 2.45) is 0 Å². The summed E-state index contributed by atoms with van der Waals surface area (Å²) in [5.41, 5.74) is 0.986. The molecule has 0 atom stereocenters. The molecular weight excluding hydrogens is 394 g/mol. The van der Waals surface area contributed by atoms with Gasteiger partial charge in [0.05, 0.1) is 13.7 Å². The number of halogens is 1. The first-order valence-corrected chi connectivity index (χ1v) is 9.83. The molecule has 29 heavy (non-hydrogen) atoms. The van der Waals surface area contributed by atoms with Crippen molar-refractivity contribution in [1.82, 2.24) is 25.0 Å². The molecule has 158 valence electrons. The fourth-order valence-corrected chi connectivity index (χ4v) is 3.98. The molecule has 0 radical (unpaired) electrons. The number of likely N-dealkylation sites (tertiary alicyclic amines) is 1. The molecule has 0 saturated carbocycles. The lowest BCUT2D eigenvalue weighted by atomic mass is 9.95. The number of methoxy groups -OCH3 is 1. The van der Waals surface area contributed by atoms with Crippen LogP contribution < -0.4 is 14.8 Å². The van der Waals surface area contributed by atoms with Crippen LogP contribution >= 0.6 is 12.4 Å². The van der Waals surface area contributed by atoms with E-state index in [2.05, 4.69) is 20.1 Å². The number of carbonyl (C=O) groups excluding carboxylic acids is 1. The van der Waals surface area contributed by atoms with Crippen LogP contribution in [0.2, 0.25) is 0 Å². The van der Waals surface area contributed by atoms with E-state index in [1.54, 1.807) is 7.11 Å². The van der Waals surface area contributed by atoms with Gasteiger partial charge in [-0.3, -0.25) is 4.79 Å². The van der Waals surface area contributed by atoms with Crippen molar-refractivity contribution in [1.29, 1.82) is 0 Å². The Bertz CT molecular complexity index is 849. The largest absolute Gasteiger partial charge is 0.496 e. The molecular formula is C20H28ClN5O3. The number of piperidine rings is 1. The highest BCUT2D eigenvalue weighted by atomic mass is 35.5. The second kappa shape index (κ2) is 9.45. The number of rotatable bonds is 5. The van der Waals surface area contributed by atoms with Crippen molar-refractivity contribution in [3.05, 3.63) is 35.4 Å². The van der Waals surface area contributed by atoms with Gasteiger partial charge in [-0.15, -0.1) is 22.6 Å². The van der Waals surface area contributed by atoms with Crippen molar-refractivity contribution in [3.8, 4) is 11.5 Å². The fraction of sp³-hybridized carbons (Fsp3) is 0.550. The number of amides is 1.